The number of benzene rings is 1. The standard InChI is InChI=1S/C16H25NO3/c1-12-4-5-16(13(2)8-12)20-11-15(18)9-17-6-7-19-10-14(17)3/h4-5,8,14-15,18H,6-7,9-11H2,1-3H3. The second-order valence-corrected chi connectivity index (χ2v) is 5.65. The zero-order valence-electron chi connectivity index (χ0n) is 12.6. The van der Waals surface area contributed by atoms with Crippen LogP contribution in [0.2, 0.25) is 0 Å². The Morgan fingerprint density at radius 3 is 2.95 bits per heavy atom. The number of aryl methyl sites for hydroxylation is 2. The van der Waals surface area contributed by atoms with Crippen LogP contribution < -0.4 is 4.74 Å². The molecule has 0 radical (unpaired) electrons. The fourth-order valence-corrected chi connectivity index (χ4v) is 2.50. The smallest absolute Gasteiger partial charge is 0.122 e. The van der Waals surface area contributed by atoms with Crippen molar-refractivity contribution < 1.29 is 14.6 Å². The molecule has 2 rings (SSSR count). The highest BCUT2D eigenvalue weighted by atomic mass is 16.5. The Morgan fingerprint density at radius 2 is 2.25 bits per heavy atom. The summed E-state index contributed by atoms with van der Waals surface area (Å²) >= 11 is 0. The van der Waals surface area contributed by atoms with Crippen molar-refractivity contribution in [2.45, 2.75) is 32.9 Å². The number of hydrogen-bond donors (Lipinski definition) is 1. The van der Waals surface area contributed by atoms with Gasteiger partial charge >= 0.3 is 0 Å². The number of aliphatic hydroxyl groups excluding tert-OH is 1. The quantitative estimate of drug-likeness (QED) is 0.892. The highest BCUT2D eigenvalue weighted by Crippen LogP contribution is 2.19. The number of morpholine rings is 1. The molecule has 0 bridgehead atoms. The van der Waals surface area contributed by atoms with Crippen LogP contribution in [0.4, 0.5) is 0 Å². The van der Waals surface area contributed by atoms with Crippen LogP contribution in [-0.4, -0.2) is 55.1 Å². The largest absolute Gasteiger partial charge is 0.491 e. The van der Waals surface area contributed by atoms with E-state index in [-0.39, 0.29) is 0 Å². The summed E-state index contributed by atoms with van der Waals surface area (Å²) in [5.41, 5.74) is 2.33. The highest BCUT2D eigenvalue weighted by molar-refractivity contribution is 5.35. The molecule has 112 valence electrons. The van der Waals surface area contributed by atoms with E-state index < -0.39 is 6.10 Å². The van der Waals surface area contributed by atoms with E-state index in [0.29, 0.717) is 19.2 Å². The molecule has 1 aliphatic rings. The van der Waals surface area contributed by atoms with Crippen LogP contribution in [0, 0.1) is 13.8 Å². The number of hydrogen-bond acceptors (Lipinski definition) is 4. The average Bonchev–Trinajstić information content (AvgIpc) is 2.40. The molecule has 1 aromatic carbocycles. The van der Waals surface area contributed by atoms with E-state index in [2.05, 4.69) is 24.8 Å². The Bertz CT molecular complexity index is 436. The summed E-state index contributed by atoms with van der Waals surface area (Å²) in [6.45, 7) is 9.53. The molecule has 20 heavy (non-hydrogen) atoms. The Balaban J connectivity index is 1.81. The van der Waals surface area contributed by atoms with Gasteiger partial charge in [-0.1, -0.05) is 17.7 Å². The van der Waals surface area contributed by atoms with Crippen molar-refractivity contribution in [3.8, 4) is 5.75 Å². The van der Waals surface area contributed by atoms with Gasteiger partial charge in [-0.2, -0.15) is 0 Å². The number of ether oxygens (including phenoxy) is 2. The minimum absolute atomic E-state index is 0.327. The molecule has 2 atom stereocenters. The lowest BCUT2D eigenvalue weighted by molar-refractivity contribution is -0.0266. The number of β-amino-alcohol motifs (C(OH)–C–C–N with tert-alkyl or cyclic N) is 1. The lowest BCUT2D eigenvalue weighted by Crippen LogP contribution is -2.47. The zero-order valence-corrected chi connectivity index (χ0v) is 12.6. The third kappa shape index (κ3) is 4.20. The van der Waals surface area contributed by atoms with E-state index in [1.165, 1.54) is 5.56 Å². The Labute approximate surface area is 121 Å². The normalized spacial score (nSPS) is 21.7. The van der Waals surface area contributed by atoms with Gasteiger partial charge in [0.1, 0.15) is 18.5 Å². The maximum absolute atomic E-state index is 10.1. The van der Waals surface area contributed by atoms with E-state index in [0.717, 1.165) is 31.1 Å². The van der Waals surface area contributed by atoms with E-state index in [1.807, 2.05) is 19.1 Å². The van der Waals surface area contributed by atoms with Crippen LogP contribution in [0.15, 0.2) is 18.2 Å². The van der Waals surface area contributed by atoms with Gasteiger partial charge in [-0.3, -0.25) is 4.90 Å². The molecule has 0 spiro atoms. The summed E-state index contributed by atoms with van der Waals surface area (Å²) in [6.07, 6.45) is -0.476. The molecule has 4 nitrogen and oxygen atoms in total. The fraction of sp³-hybridized carbons (Fsp3) is 0.625. The number of aliphatic hydroxyl groups is 1. The predicted octanol–water partition coefficient (Wildman–Crippen LogP) is 1.76. The van der Waals surface area contributed by atoms with Crippen LogP contribution in [0.5, 0.6) is 5.75 Å². The molecule has 1 aliphatic heterocycles. The molecule has 1 fully saturated rings. The van der Waals surface area contributed by atoms with Crippen LogP contribution in [-0.2, 0) is 4.74 Å². The van der Waals surface area contributed by atoms with E-state index in [9.17, 15) is 5.11 Å². The Hall–Kier alpha value is -1.10. The molecule has 0 amide bonds. The molecule has 0 aromatic heterocycles. The summed E-state index contributed by atoms with van der Waals surface area (Å²) in [4.78, 5) is 2.25. The van der Waals surface area contributed by atoms with Gasteiger partial charge in [-0.15, -0.1) is 0 Å². The molecular formula is C16H25NO3. The van der Waals surface area contributed by atoms with Gasteiger partial charge in [0.05, 0.1) is 13.2 Å². The summed E-state index contributed by atoms with van der Waals surface area (Å²) in [6, 6.07) is 6.44. The first-order chi connectivity index (χ1) is 9.56. The summed E-state index contributed by atoms with van der Waals surface area (Å²) < 4.78 is 11.1. The summed E-state index contributed by atoms with van der Waals surface area (Å²) in [5.74, 6) is 0.852. The molecule has 1 heterocycles. The average molecular weight is 279 g/mol. The number of rotatable bonds is 5. The molecule has 1 aromatic rings. The second-order valence-electron chi connectivity index (χ2n) is 5.65. The molecule has 0 aliphatic carbocycles. The summed E-state index contributed by atoms with van der Waals surface area (Å²) in [5, 5.41) is 10.1. The fourth-order valence-electron chi connectivity index (χ4n) is 2.50. The molecule has 1 N–H and O–H groups in total. The minimum Gasteiger partial charge on any atom is -0.491 e. The van der Waals surface area contributed by atoms with E-state index in [4.69, 9.17) is 9.47 Å². The van der Waals surface area contributed by atoms with Gasteiger partial charge < -0.3 is 14.6 Å². The minimum atomic E-state index is -0.476. The number of nitrogens with zero attached hydrogens (tertiary/aromatic N) is 1. The lowest BCUT2D eigenvalue weighted by Gasteiger charge is -2.34. The molecule has 1 saturated heterocycles. The van der Waals surface area contributed by atoms with Crippen molar-refractivity contribution in [2.24, 2.45) is 0 Å². The van der Waals surface area contributed by atoms with Crippen molar-refractivity contribution in [1.82, 2.24) is 4.90 Å². The van der Waals surface area contributed by atoms with E-state index in [1.54, 1.807) is 0 Å². The maximum atomic E-state index is 10.1. The van der Waals surface area contributed by atoms with Crippen molar-refractivity contribution in [1.29, 1.82) is 0 Å². The Morgan fingerprint density at radius 1 is 1.45 bits per heavy atom. The topological polar surface area (TPSA) is 41.9 Å². The maximum Gasteiger partial charge on any atom is 0.122 e. The SMILES string of the molecule is Cc1ccc(OCC(O)CN2CCOCC2C)c(C)c1. The third-order valence-electron chi connectivity index (χ3n) is 3.71. The van der Waals surface area contributed by atoms with Gasteiger partial charge in [0.2, 0.25) is 0 Å². The van der Waals surface area contributed by atoms with Gasteiger partial charge in [0.15, 0.2) is 0 Å². The van der Waals surface area contributed by atoms with Gasteiger partial charge in [-0.05, 0) is 32.4 Å². The molecule has 2 unspecified atom stereocenters. The molecular weight excluding hydrogens is 254 g/mol. The van der Waals surface area contributed by atoms with Crippen LogP contribution in [0.25, 0.3) is 0 Å². The van der Waals surface area contributed by atoms with Crippen LogP contribution in [0.3, 0.4) is 0 Å². The lowest BCUT2D eigenvalue weighted by atomic mass is 10.1. The zero-order chi connectivity index (χ0) is 14.5. The molecule has 0 saturated carbocycles. The molecule has 4 heteroatoms. The highest BCUT2D eigenvalue weighted by Gasteiger charge is 2.21. The van der Waals surface area contributed by atoms with Crippen molar-refractivity contribution in [3.63, 3.8) is 0 Å². The predicted molar refractivity (Wildman–Crippen MR) is 79.3 cm³/mol. The monoisotopic (exact) mass is 279 g/mol. The second kappa shape index (κ2) is 7.07. The van der Waals surface area contributed by atoms with Gasteiger partial charge in [-0.25, -0.2) is 0 Å². The van der Waals surface area contributed by atoms with Crippen LogP contribution in [0.1, 0.15) is 18.1 Å². The van der Waals surface area contributed by atoms with Crippen molar-refractivity contribution in [3.05, 3.63) is 29.3 Å². The van der Waals surface area contributed by atoms with Gasteiger partial charge in [0, 0.05) is 19.1 Å². The third-order valence-corrected chi connectivity index (χ3v) is 3.71. The Kier molecular flexibility index (Phi) is 5.40. The first-order valence-electron chi connectivity index (χ1n) is 7.26. The van der Waals surface area contributed by atoms with Crippen molar-refractivity contribution in [2.75, 3.05) is 32.9 Å². The van der Waals surface area contributed by atoms with Crippen molar-refractivity contribution >= 4 is 0 Å². The summed E-state index contributed by atoms with van der Waals surface area (Å²) in [7, 11) is 0. The van der Waals surface area contributed by atoms with Gasteiger partial charge in [0.25, 0.3) is 0 Å². The first-order valence-corrected chi connectivity index (χ1v) is 7.26. The van der Waals surface area contributed by atoms with E-state index >= 15 is 0 Å². The first kappa shape index (κ1) is 15.3. The van der Waals surface area contributed by atoms with Crippen LogP contribution >= 0.6 is 0 Å².